The molecule has 0 bridgehead atoms. The Morgan fingerprint density at radius 2 is 2.17 bits per heavy atom. The molecule has 0 saturated carbocycles. The lowest BCUT2D eigenvalue weighted by atomic mass is 10.5. The molecule has 1 rings (SSSR count). The molecular formula is C6H5BrClNO2S. The molecule has 0 aliphatic rings. The van der Waals surface area contributed by atoms with Crippen LogP contribution in [0.25, 0.3) is 0 Å². The Balaban J connectivity index is 3.53. The van der Waals surface area contributed by atoms with E-state index in [4.69, 9.17) is 11.6 Å². The predicted molar refractivity (Wildman–Crippen MR) is 50.1 cm³/mol. The van der Waals surface area contributed by atoms with Gasteiger partial charge in [0.05, 0.1) is 0 Å². The smallest absolute Gasteiger partial charge is 0.179 e. The summed E-state index contributed by atoms with van der Waals surface area (Å²) in [6.07, 6.45) is 2.52. The second kappa shape index (κ2) is 3.32. The SMILES string of the molecule is CS(=O)(=O)c1c(Br)ccnc1Cl. The molecule has 0 saturated heterocycles. The monoisotopic (exact) mass is 269 g/mol. The van der Waals surface area contributed by atoms with Crippen LogP contribution in [0.5, 0.6) is 0 Å². The molecule has 0 spiro atoms. The topological polar surface area (TPSA) is 47.0 Å². The fourth-order valence-electron chi connectivity index (χ4n) is 0.731. The Morgan fingerprint density at radius 3 is 2.50 bits per heavy atom. The third kappa shape index (κ3) is 1.97. The molecule has 66 valence electrons. The third-order valence-corrected chi connectivity index (χ3v) is 3.66. The van der Waals surface area contributed by atoms with Crippen LogP contribution in [-0.2, 0) is 9.84 Å². The molecule has 6 heteroatoms. The average molecular weight is 271 g/mol. The number of hydrogen-bond donors (Lipinski definition) is 0. The van der Waals surface area contributed by atoms with Gasteiger partial charge >= 0.3 is 0 Å². The second-order valence-corrected chi connectivity index (χ2v) is 5.35. The number of sulfone groups is 1. The number of nitrogens with zero attached hydrogens (tertiary/aromatic N) is 1. The first kappa shape index (κ1) is 9.95. The Hall–Kier alpha value is -0.130. The maximum atomic E-state index is 11.1. The molecule has 1 heterocycles. The van der Waals surface area contributed by atoms with Gasteiger partial charge in [0.25, 0.3) is 0 Å². The summed E-state index contributed by atoms with van der Waals surface area (Å²) >= 11 is 8.67. The molecule has 12 heavy (non-hydrogen) atoms. The molecule has 0 amide bonds. The van der Waals surface area contributed by atoms with Crippen LogP contribution in [0.4, 0.5) is 0 Å². The number of rotatable bonds is 1. The minimum absolute atomic E-state index is 0.00752. The van der Waals surface area contributed by atoms with Gasteiger partial charge in [0.15, 0.2) is 9.84 Å². The van der Waals surface area contributed by atoms with Crippen LogP contribution in [0.3, 0.4) is 0 Å². The first-order valence-electron chi connectivity index (χ1n) is 2.93. The van der Waals surface area contributed by atoms with Crippen LogP contribution >= 0.6 is 27.5 Å². The van der Waals surface area contributed by atoms with Gasteiger partial charge < -0.3 is 0 Å². The predicted octanol–water partition coefficient (Wildman–Crippen LogP) is 1.90. The Bertz CT molecular complexity index is 384. The van der Waals surface area contributed by atoms with Gasteiger partial charge in [-0.15, -0.1) is 0 Å². The molecule has 0 aliphatic carbocycles. The van der Waals surface area contributed by atoms with E-state index in [1.165, 1.54) is 12.3 Å². The summed E-state index contributed by atoms with van der Waals surface area (Å²) in [6.45, 7) is 0. The first-order valence-corrected chi connectivity index (χ1v) is 5.99. The van der Waals surface area contributed by atoms with Crippen molar-refractivity contribution in [2.24, 2.45) is 0 Å². The van der Waals surface area contributed by atoms with Crippen molar-refractivity contribution in [2.45, 2.75) is 4.90 Å². The van der Waals surface area contributed by atoms with Gasteiger partial charge in [0.1, 0.15) is 10.0 Å². The van der Waals surface area contributed by atoms with Crippen molar-refractivity contribution >= 4 is 37.4 Å². The van der Waals surface area contributed by atoms with Crippen molar-refractivity contribution in [3.63, 3.8) is 0 Å². The minimum atomic E-state index is -3.31. The van der Waals surface area contributed by atoms with E-state index < -0.39 is 9.84 Å². The second-order valence-electron chi connectivity index (χ2n) is 2.18. The first-order chi connectivity index (χ1) is 5.43. The van der Waals surface area contributed by atoms with Crippen molar-refractivity contribution < 1.29 is 8.42 Å². The fraction of sp³-hybridized carbons (Fsp3) is 0.167. The van der Waals surface area contributed by atoms with Crippen molar-refractivity contribution in [1.29, 1.82) is 0 Å². The Morgan fingerprint density at radius 1 is 1.58 bits per heavy atom. The van der Waals surface area contributed by atoms with Crippen molar-refractivity contribution in [3.05, 3.63) is 21.9 Å². The van der Waals surface area contributed by atoms with E-state index in [1.807, 2.05) is 0 Å². The van der Waals surface area contributed by atoms with Crippen molar-refractivity contribution in [3.8, 4) is 0 Å². The zero-order chi connectivity index (χ0) is 9.35. The molecule has 1 aromatic heterocycles. The number of halogens is 2. The summed E-state index contributed by atoms with van der Waals surface area (Å²) < 4.78 is 22.7. The lowest BCUT2D eigenvalue weighted by molar-refractivity contribution is 0.601. The molecule has 3 nitrogen and oxygen atoms in total. The summed E-state index contributed by atoms with van der Waals surface area (Å²) in [5.41, 5.74) is 0. The molecule has 0 N–H and O–H groups in total. The zero-order valence-electron chi connectivity index (χ0n) is 6.08. The van der Waals surface area contributed by atoms with Crippen molar-refractivity contribution in [2.75, 3.05) is 6.26 Å². The van der Waals surface area contributed by atoms with Gasteiger partial charge in [-0.3, -0.25) is 0 Å². The summed E-state index contributed by atoms with van der Waals surface area (Å²) in [6, 6.07) is 1.53. The van der Waals surface area contributed by atoms with Crippen LogP contribution in [-0.4, -0.2) is 19.7 Å². The molecule has 0 unspecified atom stereocenters. The highest BCUT2D eigenvalue weighted by molar-refractivity contribution is 9.10. The molecule has 0 aliphatic heterocycles. The van der Waals surface area contributed by atoms with Gasteiger partial charge in [-0.25, -0.2) is 13.4 Å². The van der Waals surface area contributed by atoms with E-state index in [9.17, 15) is 8.42 Å². The summed E-state index contributed by atoms with van der Waals surface area (Å²) in [4.78, 5) is 3.70. The highest BCUT2D eigenvalue weighted by atomic mass is 79.9. The van der Waals surface area contributed by atoms with Gasteiger partial charge in [0, 0.05) is 16.9 Å². The molecule has 0 atom stereocenters. The molecule has 0 fully saturated rings. The normalized spacial score (nSPS) is 11.6. The lowest BCUT2D eigenvalue weighted by Crippen LogP contribution is -2.00. The molecule has 1 aromatic rings. The summed E-state index contributed by atoms with van der Waals surface area (Å²) in [5.74, 6) is 0. The van der Waals surface area contributed by atoms with E-state index in [0.29, 0.717) is 4.47 Å². The standard InChI is InChI=1S/C6H5BrClNO2S/c1-12(10,11)5-4(7)2-3-9-6(5)8/h2-3H,1H3. The average Bonchev–Trinajstić information content (AvgIpc) is 1.82. The van der Waals surface area contributed by atoms with Gasteiger partial charge in [-0.05, 0) is 22.0 Å². The van der Waals surface area contributed by atoms with Crippen LogP contribution in [0, 0.1) is 0 Å². The number of pyridine rings is 1. The largest absolute Gasteiger partial charge is 0.243 e. The molecule has 0 aromatic carbocycles. The van der Waals surface area contributed by atoms with Crippen LogP contribution in [0.15, 0.2) is 21.6 Å². The Kier molecular flexibility index (Phi) is 2.75. The van der Waals surface area contributed by atoms with Gasteiger partial charge in [-0.2, -0.15) is 0 Å². The number of hydrogen-bond acceptors (Lipinski definition) is 3. The maximum absolute atomic E-state index is 11.1. The third-order valence-electron chi connectivity index (χ3n) is 1.18. The van der Waals surface area contributed by atoms with Crippen LogP contribution in [0.2, 0.25) is 5.15 Å². The van der Waals surface area contributed by atoms with Gasteiger partial charge in [-0.1, -0.05) is 11.6 Å². The van der Waals surface area contributed by atoms with Crippen LogP contribution in [0.1, 0.15) is 0 Å². The highest BCUT2D eigenvalue weighted by Crippen LogP contribution is 2.26. The van der Waals surface area contributed by atoms with Crippen molar-refractivity contribution in [1.82, 2.24) is 4.98 Å². The summed E-state index contributed by atoms with van der Waals surface area (Å²) in [5, 5.41) is -0.00752. The lowest BCUT2D eigenvalue weighted by Gasteiger charge is -2.01. The maximum Gasteiger partial charge on any atom is 0.179 e. The Labute approximate surface area is 83.8 Å². The number of aromatic nitrogens is 1. The zero-order valence-corrected chi connectivity index (χ0v) is 9.24. The van der Waals surface area contributed by atoms with E-state index in [-0.39, 0.29) is 10.0 Å². The minimum Gasteiger partial charge on any atom is -0.243 e. The molecular weight excluding hydrogens is 265 g/mol. The van der Waals surface area contributed by atoms with E-state index >= 15 is 0 Å². The summed E-state index contributed by atoms with van der Waals surface area (Å²) in [7, 11) is -3.31. The highest BCUT2D eigenvalue weighted by Gasteiger charge is 2.16. The van der Waals surface area contributed by atoms with E-state index in [2.05, 4.69) is 20.9 Å². The van der Waals surface area contributed by atoms with E-state index in [0.717, 1.165) is 6.26 Å². The molecule has 0 radical (unpaired) electrons. The van der Waals surface area contributed by atoms with Gasteiger partial charge in [0.2, 0.25) is 0 Å². The fourth-order valence-corrected chi connectivity index (χ4v) is 3.39. The van der Waals surface area contributed by atoms with E-state index in [1.54, 1.807) is 0 Å². The van der Waals surface area contributed by atoms with Crippen LogP contribution < -0.4 is 0 Å². The quantitative estimate of drug-likeness (QED) is 0.732.